The summed E-state index contributed by atoms with van der Waals surface area (Å²) >= 11 is 7.46. The normalized spacial score (nSPS) is 16.2. The van der Waals surface area contributed by atoms with E-state index < -0.39 is 0 Å². The minimum Gasteiger partial charge on any atom is -0.376 e. The molecule has 31 heavy (non-hydrogen) atoms. The van der Waals surface area contributed by atoms with E-state index in [0.29, 0.717) is 22.3 Å². The number of benzene rings is 2. The van der Waals surface area contributed by atoms with Crippen LogP contribution in [0.4, 0.5) is 0 Å². The highest BCUT2D eigenvalue weighted by molar-refractivity contribution is 7.99. The molecule has 0 bridgehead atoms. The summed E-state index contributed by atoms with van der Waals surface area (Å²) in [5, 5.41) is 11.2. The zero-order valence-electron chi connectivity index (χ0n) is 16.8. The Balaban J connectivity index is 1.40. The summed E-state index contributed by atoms with van der Waals surface area (Å²) in [7, 11) is 0. The number of Topliss-reactive ketones (excluding diaryl/α,β-unsaturated/α-hetero) is 1. The van der Waals surface area contributed by atoms with Crippen molar-refractivity contribution in [1.82, 2.24) is 19.7 Å². The second-order valence-electron chi connectivity index (χ2n) is 7.52. The van der Waals surface area contributed by atoms with Gasteiger partial charge < -0.3 is 9.72 Å². The number of ether oxygens (including phenoxy) is 1. The van der Waals surface area contributed by atoms with Crippen LogP contribution in [0.25, 0.3) is 22.3 Å². The Morgan fingerprint density at radius 2 is 2.03 bits per heavy atom. The molecule has 158 valence electrons. The second kappa shape index (κ2) is 8.86. The van der Waals surface area contributed by atoms with Crippen LogP contribution in [0.1, 0.15) is 23.2 Å². The molecule has 4 aromatic rings. The van der Waals surface area contributed by atoms with Crippen LogP contribution in [0.3, 0.4) is 0 Å². The summed E-state index contributed by atoms with van der Waals surface area (Å²) in [5.74, 6) is 1.10. The van der Waals surface area contributed by atoms with Gasteiger partial charge in [0, 0.05) is 39.9 Å². The van der Waals surface area contributed by atoms with Crippen LogP contribution in [-0.2, 0) is 11.3 Å². The van der Waals surface area contributed by atoms with E-state index in [-0.39, 0.29) is 17.6 Å². The molecule has 3 heterocycles. The monoisotopic (exact) mass is 452 g/mol. The van der Waals surface area contributed by atoms with Crippen LogP contribution in [0.5, 0.6) is 0 Å². The number of halogens is 1. The summed E-state index contributed by atoms with van der Waals surface area (Å²) in [4.78, 5) is 16.1. The second-order valence-corrected chi connectivity index (χ2v) is 8.90. The van der Waals surface area contributed by atoms with Crippen molar-refractivity contribution in [2.75, 3.05) is 12.4 Å². The maximum atomic E-state index is 12.9. The van der Waals surface area contributed by atoms with Crippen molar-refractivity contribution in [3.05, 3.63) is 65.3 Å². The number of rotatable bonds is 7. The first kappa shape index (κ1) is 20.3. The average Bonchev–Trinajstić information content (AvgIpc) is 3.53. The maximum absolute atomic E-state index is 12.9. The number of nitrogens with one attached hydrogen (secondary N) is 1. The smallest absolute Gasteiger partial charge is 0.192 e. The molecule has 1 atom stereocenters. The molecule has 5 rings (SSSR count). The summed E-state index contributed by atoms with van der Waals surface area (Å²) in [6.45, 7) is 1.44. The third kappa shape index (κ3) is 4.26. The molecule has 1 unspecified atom stereocenters. The zero-order valence-corrected chi connectivity index (χ0v) is 18.3. The molecule has 0 radical (unpaired) electrons. The Morgan fingerprint density at radius 1 is 1.19 bits per heavy atom. The van der Waals surface area contributed by atoms with Gasteiger partial charge in [-0.3, -0.25) is 9.36 Å². The number of nitrogens with zero attached hydrogens (tertiary/aromatic N) is 3. The first-order valence-corrected chi connectivity index (χ1v) is 11.6. The van der Waals surface area contributed by atoms with Crippen molar-refractivity contribution in [2.24, 2.45) is 0 Å². The molecule has 2 aromatic heterocycles. The number of ketones is 1. The van der Waals surface area contributed by atoms with Gasteiger partial charge in [0.25, 0.3) is 0 Å². The number of para-hydroxylation sites is 1. The van der Waals surface area contributed by atoms with E-state index >= 15 is 0 Å². The highest BCUT2D eigenvalue weighted by Gasteiger charge is 2.23. The molecule has 1 aliphatic rings. The molecule has 0 amide bonds. The molecule has 0 aliphatic carbocycles. The van der Waals surface area contributed by atoms with Crippen LogP contribution in [0.2, 0.25) is 5.02 Å². The van der Waals surface area contributed by atoms with Gasteiger partial charge in [-0.05, 0) is 43.2 Å². The lowest BCUT2D eigenvalue weighted by Crippen LogP contribution is -2.17. The van der Waals surface area contributed by atoms with Gasteiger partial charge in [-0.15, -0.1) is 10.2 Å². The lowest BCUT2D eigenvalue weighted by Gasteiger charge is -2.14. The largest absolute Gasteiger partial charge is 0.376 e. The fourth-order valence-electron chi connectivity index (χ4n) is 3.87. The van der Waals surface area contributed by atoms with Crippen molar-refractivity contribution >= 4 is 40.0 Å². The Kier molecular flexibility index (Phi) is 5.80. The van der Waals surface area contributed by atoms with Gasteiger partial charge >= 0.3 is 0 Å². The third-order valence-electron chi connectivity index (χ3n) is 5.45. The first-order chi connectivity index (χ1) is 15.2. The van der Waals surface area contributed by atoms with Crippen molar-refractivity contribution in [1.29, 1.82) is 0 Å². The number of thioether (sulfide) groups is 1. The molecule has 1 saturated heterocycles. The molecular weight excluding hydrogens is 432 g/mol. The summed E-state index contributed by atoms with van der Waals surface area (Å²) < 4.78 is 7.91. The van der Waals surface area contributed by atoms with E-state index in [2.05, 4.69) is 19.7 Å². The van der Waals surface area contributed by atoms with Crippen LogP contribution in [0.15, 0.2) is 59.9 Å². The zero-order chi connectivity index (χ0) is 21.2. The Labute approximate surface area is 189 Å². The minimum atomic E-state index is 0.0576. The summed E-state index contributed by atoms with van der Waals surface area (Å²) in [6.07, 6.45) is 3.98. The maximum Gasteiger partial charge on any atom is 0.192 e. The molecule has 8 heteroatoms. The quantitative estimate of drug-likeness (QED) is 0.307. The number of fused-ring (bicyclic) bond motifs is 1. The topological polar surface area (TPSA) is 72.8 Å². The highest BCUT2D eigenvalue weighted by atomic mass is 35.5. The van der Waals surface area contributed by atoms with E-state index in [1.165, 1.54) is 11.8 Å². The summed E-state index contributed by atoms with van der Waals surface area (Å²) in [5.41, 5.74) is 2.60. The minimum absolute atomic E-state index is 0.0576. The Bertz CT molecular complexity index is 1210. The number of hydrogen-bond acceptors (Lipinski definition) is 5. The number of carbonyl (C=O) groups excluding carboxylic acids is 1. The third-order valence-corrected chi connectivity index (χ3v) is 6.67. The summed E-state index contributed by atoms with van der Waals surface area (Å²) in [6, 6.07) is 15.4. The van der Waals surface area contributed by atoms with Gasteiger partial charge in [-0.1, -0.05) is 41.6 Å². The Hall–Kier alpha value is -2.61. The van der Waals surface area contributed by atoms with Gasteiger partial charge in [0.15, 0.2) is 16.8 Å². The lowest BCUT2D eigenvalue weighted by molar-refractivity contribution is 0.0953. The molecule has 0 spiro atoms. The van der Waals surface area contributed by atoms with E-state index in [1.54, 1.807) is 6.20 Å². The number of H-pyrrole nitrogens is 1. The molecule has 1 aliphatic heterocycles. The molecule has 1 N–H and O–H groups in total. The van der Waals surface area contributed by atoms with E-state index in [9.17, 15) is 4.79 Å². The van der Waals surface area contributed by atoms with Crippen LogP contribution >= 0.6 is 23.4 Å². The Morgan fingerprint density at radius 3 is 2.84 bits per heavy atom. The number of aromatic nitrogens is 4. The van der Waals surface area contributed by atoms with E-state index in [0.717, 1.165) is 41.7 Å². The molecule has 1 fully saturated rings. The lowest BCUT2D eigenvalue weighted by atomic mass is 10.1. The van der Waals surface area contributed by atoms with Gasteiger partial charge in [-0.25, -0.2) is 0 Å². The van der Waals surface area contributed by atoms with Crippen LogP contribution in [-0.4, -0.2) is 44.0 Å². The molecule has 6 nitrogen and oxygen atoms in total. The van der Waals surface area contributed by atoms with Gasteiger partial charge in [0.05, 0.1) is 18.4 Å². The average molecular weight is 453 g/mol. The SMILES string of the molecule is O=C(CSc1nnc(-c2ccc(Cl)cc2)n1CC1CCCO1)c1c[nH]c2ccccc12. The van der Waals surface area contributed by atoms with Crippen LogP contribution < -0.4 is 0 Å². The van der Waals surface area contributed by atoms with Gasteiger partial charge in [-0.2, -0.15) is 0 Å². The number of carbonyl (C=O) groups is 1. The predicted octanol–water partition coefficient (Wildman–Crippen LogP) is 5.23. The molecule has 2 aromatic carbocycles. The standard InChI is InChI=1S/C23H21ClN4O2S/c24-16-9-7-15(8-10-16)22-26-27-23(28(22)13-17-4-3-11-30-17)31-14-21(29)19-12-25-20-6-2-1-5-18(19)20/h1-2,5-10,12,17,25H,3-4,11,13-14H2. The number of hydrogen-bond donors (Lipinski definition) is 1. The fraction of sp³-hybridized carbons (Fsp3) is 0.261. The van der Waals surface area contributed by atoms with Crippen molar-refractivity contribution in [3.8, 4) is 11.4 Å². The van der Waals surface area contributed by atoms with Crippen LogP contribution in [0, 0.1) is 0 Å². The first-order valence-electron chi connectivity index (χ1n) is 10.2. The predicted molar refractivity (Wildman–Crippen MR) is 123 cm³/mol. The molecular formula is C23H21ClN4O2S. The van der Waals surface area contributed by atoms with Crippen molar-refractivity contribution < 1.29 is 9.53 Å². The number of aromatic amines is 1. The van der Waals surface area contributed by atoms with Crippen molar-refractivity contribution in [3.63, 3.8) is 0 Å². The van der Waals surface area contributed by atoms with E-state index in [1.807, 2.05) is 48.5 Å². The van der Waals surface area contributed by atoms with Crippen molar-refractivity contribution in [2.45, 2.75) is 30.6 Å². The van der Waals surface area contributed by atoms with Gasteiger partial charge in [0.2, 0.25) is 0 Å². The fourth-order valence-corrected chi connectivity index (χ4v) is 4.83. The molecule has 0 saturated carbocycles. The van der Waals surface area contributed by atoms with Gasteiger partial charge in [0.1, 0.15) is 0 Å². The van der Waals surface area contributed by atoms with E-state index in [4.69, 9.17) is 16.3 Å². The highest BCUT2D eigenvalue weighted by Crippen LogP contribution is 2.28.